The van der Waals surface area contributed by atoms with Crippen molar-refractivity contribution in [3.8, 4) is 0 Å². The third kappa shape index (κ3) is 4.47. The van der Waals surface area contributed by atoms with Gasteiger partial charge in [0.1, 0.15) is 5.82 Å². The molecule has 0 saturated heterocycles. The molecule has 20 heavy (non-hydrogen) atoms. The number of halogens is 4. The third-order valence-electron chi connectivity index (χ3n) is 3.45. The fourth-order valence-corrected chi connectivity index (χ4v) is 2.27. The highest BCUT2D eigenvalue weighted by molar-refractivity contribution is 5.27. The quantitative estimate of drug-likeness (QED) is 0.810. The molecular weight excluding hydrogens is 270 g/mol. The average molecular weight is 291 g/mol. The van der Waals surface area contributed by atoms with Gasteiger partial charge in [-0.25, -0.2) is 4.39 Å². The van der Waals surface area contributed by atoms with Crippen LogP contribution >= 0.6 is 0 Å². The molecule has 0 bridgehead atoms. The van der Waals surface area contributed by atoms with Gasteiger partial charge in [-0.15, -0.1) is 0 Å². The Morgan fingerprint density at radius 3 is 2.20 bits per heavy atom. The first-order valence-electron chi connectivity index (χ1n) is 6.58. The van der Waals surface area contributed by atoms with E-state index in [1.165, 1.54) is 6.07 Å². The second-order valence-electron chi connectivity index (χ2n) is 6.06. The monoisotopic (exact) mass is 291 g/mol. The maximum Gasteiger partial charge on any atom is 0.419 e. The summed E-state index contributed by atoms with van der Waals surface area (Å²) in [5.41, 5.74) is -0.670. The molecule has 1 nitrogen and oxygen atoms in total. The van der Waals surface area contributed by atoms with E-state index in [2.05, 4.69) is 26.1 Å². The molecule has 0 aliphatic carbocycles. The van der Waals surface area contributed by atoms with Crippen molar-refractivity contribution in [1.82, 2.24) is 5.32 Å². The van der Waals surface area contributed by atoms with Crippen LogP contribution in [0.2, 0.25) is 0 Å². The number of benzene rings is 1. The molecule has 1 N–H and O–H groups in total. The number of alkyl halides is 3. The van der Waals surface area contributed by atoms with E-state index in [9.17, 15) is 17.6 Å². The molecule has 0 radical (unpaired) electrons. The predicted molar refractivity (Wildman–Crippen MR) is 72.0 cm³/mol. The summed E-state index contributed by atoms with van der Waals surface area (Å²) in [6.07, 6.45) is -3.47. The van der Waals surface area contributed by atoms with E-state index < -0.39 is 17.6 Å². The molecule has 0 aromatic heterocycles. The van der Waals surface area contributed by atoms with Gasteiger partial charge < -0.3 is 5.32 Å². The van der Waals surface area contributed by atoms with Gasteiger partial charge in [-0.1, -0.05) is 26.8 Å². The lowest BCUT2D eigenvalue weighted by Gasteiger charge is -2.30. The van der Waals surface area contributed by atoms with Gasteiger partial charge in [0.15, 0.2) is 0 Å². The first-order valence-corrected chi connectivity index (χ1v) is 6.58. The first kappa shape index (κ1) is 17.0. The summed E-state index contributed by atoms with van der Waals surface area (Å²) < 4.78 is 51.1. The number of nitrogens with one attached hydrogen (secondary N) is 1. The van der Waals surface area contributed by atoms with Gasteiger partial charge in [0.2, 0.25) is 0 Å². The van der Waals surface area contributed by atoms with Crippen molar-refractivity contribution in [3.05, 3.63) is 35.1 Å². The predicted octanol–water partition coefficient (Wildman–Crippen LogP) is 4.41. The van der Waals surface area contributed by atoms with Gasteiger partial charge in [0.25, 0.3) is 0 Å². The van der Waals surface area contributed by atoms with Gasteiger partial charge in [-0.2, -0.15) is 13.2 Å². The van der Waals surface area contributed by atoms with Crippen LogP contribution in [0.5, 0.6) is 0 Å². The highest BCUT2D eigenvalue weighted by Gasteiger charge is 2.34. The van der Waals surface area contributed by atoms with Crippen LogP contribution in [0.25, 0.3) is 0 Å². The third-order valence-corrected chi connectivity index (χ3v) is 3.45. The minimum absolute atomic E-state index is 0.0155. The first-order chi connectivity index (χ1) is 9.05. The highest BCUT2D eigenvalue weighted by atomic mass is 19.4. The van der Waals surface area contributed by atoms with Gasteiger partial charge in [-0.3, -0.25) is 0 Å². The fourth-order valence-electron chi connectivity index (χ4n) is 2.27. The Balaban J connectivity index is 2.84. The lowest BCUT2D eigenvalue weighted by Crippen LogP contribution is -2.38. The summed E-state index contributed by atoms with van der Waals surface area (Å²) >= 11 is 0. The summed E-state index contributed by atoms with van der Waals surface area (Å²) in [6, 6.07) is 3.40. The minimum Gasteiger partial charge on any atom is -0.316 e. The summed E-state index contributed by atoms with van der Waals surface area (Å²) in [5.74, 6) is -1.22. The summed E-state index contributed by atoms with van der Waals surface area (Å²) in [4.78, 5) is 0. The molecule has 0 amide bonds. The van der Waals surface area contributed by atoms with E-state index in [0.29, 0.717) is 18.4 Å². The molecular formula is C15H21F4N. The van der Waals surface area contributed by atoms with Gasteiger partial charge in [-0.05, 0) is 43.0 Å². The SMILES string of the molecule is CNC(CCc1ccc(F)c(C(F)(F)F)c1)C(C)(C)C. The van der Waals surface area contributed by atoms with E-state index >= 15 is 0 Å². The van der Waals surface area contributed by atoms with Gasteiger partial charge in [0.05, 0.1) is 5.56 Å². The van der Waals surface area contributed by atoms with Gasteiger partial charge in [0, 0.05) is 6.04 Å². The summed E-state index contributed by atoms with van der Waals surface area (Å²) in [6.45, 7) is 6.21. The molecule has 1 unspecified atom stereocenters. The Morgan fingerprint density at radius 2 is 1.75 bits per heavy atom. The van der Waals surface area contributed by atoms with Crippen molar-refractivity contribution < 1.29 is 17.6 Å². The van der Waals surface area contributed by atoms with E-state index in [0.717, 1.165) is 12.1 Å². The largest absolute Gasteiger partial charge is 0.419 e. The fraction of sp³-hybridized carbons (Fsp3) is 0.600. The van der Waals surface area contributed by atoms with E-state index in [-0.39, 0.29) is 11.5 Å². The van der Waals surface area contributed by atoms with Crippen LogP contribution in [0, 0.1) is 11.2 Å². The number of aryl methyl sites for hydroxylation is 1. The molecule has 0 aliphatic heterocycles. The molecule has 0 fully saturated rings. The Labute approximate surface area is 117 Å². The Bertz CT molecular complexity index is 446. The Kier molecular flexibility index (Phi) is 5.19. The van der Waals surface area contributed by atoms with Crippen molar-refractivity contribution >= 4 is 0 Å². The van der Waals surface area contributed by atoms with E-state index in [1.54, 1.807) is 0 Å². The zero-order valence-corrected chi connectivity index (χ0v) is 12.2. The van der Waals surface area contributed by atoms with Crippen LogP contribution in [-0.4, -0.2) is 13.1 Å². The highest BCUT2D eigenvalue weighted by Crippen LogP contribution is 2.32. The second-order valence-corrected chi connectivity index (χ2v) is 6.06. The van der Waals surface area contributed by atoms with Crippen molar-refractivity contribution in [1.29, 1.82) is 0 Å². The molecule has 5 heteroatoms. The molecule has 1 aromatic rings. The normalized spacial score (nSPS) is 14.4. The van der Waals surface area contributed by atoms with Crippen molar-refractivity contribution in [2.24, 2.45) is 5.41 Å². The van der Waals surface area contributed by atoms with Crippen LogP contribution in [0.15, 0.2) is 18.2 Å². The Morgan fingerprint density at radius 1 is 1.15 bits per heavy atom. The van der Waals surface area contributed by atoms with Crippen LogP contribution < -0.4 is 5.32 Å². The standard InChI is InChI=1S/C15H21F4N/c1-14(2,3)13(20-4)8-6-10-5-7-12(16)11(9-10)15(17,18)19/h5,7,9,13,20H,6,8H2,1-4H3. The summed E-state index contributed by atoms with van der Waals surface area (Å²) in [5, 5.41) is 3.17. The van der Waals surface area contributed by atoms with Crippen molar-refractivity contribution in [2.75, 3.05) is 7.05 Å². The number of hydrogen-bond acceptors (Lipinski definition) is 1. The van der Waals surface area contributed by atoms with Crippen molar-refractivity contribution in [3.63, 3.8) is 0 Å². The molecule has 114 valence electrons. The van der Waals surface area contributed by atoms with E-state index in [4.69, 9.17) is 0 Å². The summed E-state index contributed by atoms with van der Waals surface area (Å²) in [7, 11) is 1.84. The van der Waals surface area contributed by atoms with Crippen LogP contribution in [0.4, 0.5) is 17.6 Å². The molecule has 1 rings (SSSR count). The molecule has 1 aromatic carbocycles. The molecule has 0 aliphatic rings. The zero-order valence-electron chi connectivity index (χ0n) is 12.2. The topological polar surface area (TPSA) is 12.0 Å². The Hall–Kier alpha value is -1.10. The lowest BCUT2D eigenvalue weighted by atomic mass is 9.83. The van der Waals surface area contributed by atoms with Crippen LogP contribution in [0.1, 0.15) is 38.3 Å². The van der Waals surface area contributed by atoms with E-state index in [1.807, 2.05) is 7.05 Å². The zero-order chi connectivity index (χ0) is 15.6. The molecule has 0 spiro atoms. The molecule has 1 atom stereocenters. The minimum atomic E-state index is -4.65. The van der Waals surface area contributed by atoms with Crippen LogP contribution in [0.3, 0.4) is 0 Å². The molecule has 0 saturated carbocycles. The number of hydrogen-bond donors (Lipinski definition) is 1. The van der Waals surface area contributed by atoms with Gasteiger partial charge >= 0.3 is 6.18 Å². The second kappa shape index (κ2) is 6.12. The maximum absolute atomic E-state index is 13.2. The van der Waals surface area contributed by atoms with Crippen LogP contribution in [-0.2, 0) is 12.6 Å². The maximum atomic E-state index is 13.2. The van der Waals surface area contributed by atoms with Crippen molar-refractivity contribution in [2.45, 2.75) is 45.8 Å². The average Bonchev–Trinajstić information content (AvgIpc) is 2.28. The molecule has 0 heterocycles. The lowest BCUT2D eigenvalue weighted by molar-refractivity contribution is -0.140. The smallest absolute Gasteiger partial charge is 0.316 e. The number of rotatable bonds is 4.